The summed E-state index contributed by atoms with van der Waals surface area (Å²) in [5.41, 5.74) is 4.88. The van der Waals surface area contributed by atoms with Gasteiger partial charge in [-0.15, -0.1) is 5.10 Å². The third kappa shape index (κ3) is 3.76. The van der Waals surface area contributed by atoms with Gasteiger partial charge in [-0.25, -0.2) is 4.68 Å². The maximum absolute atomic E-state index is 12.1. The predicted octanol–water partition coefficient (Wildman–Crippen LogP) is 4.12. The Hall–Kier alpha value is -3.68. The highest BCUT2D eigenvalue weighted by atomic mass is 16.1. The van der Waals surface area contributed by atoms with Gasteiger partial charge in [0.2, 0.25) is 5.95 Å². The van der Waals surface area contributed by atoms with Crippen LogP contribution in [0.2, 0.25) is 0 Å². The maximum atomic E-state index is 12.1. The van der Waals surface area contributed by atoms with Crippen LogP contribution in [-0.4, -0.2) is 37.4 Å². The Bertz CT molecular complexity index is 1230. The molecule has 1 saturated carbocycles. The molecule has 2 aromatic carbocycles. The molecule has 1 amide bonds. The van der Waals surface area contributed by atoms with E-state index in [9.17, 15) is 4.79 Å². The molecular weight excluding hydrogens is 390 g/mol. The van der Waals surface area contributed by atoms with E-state index >= 15 is 0 Å². The molecule has 2 aromatic heterocycles. The molecule has 0 radical (unpaired) electrons. The van der Waals surface area contributed by atoms with Crippen molar-refractivity contribution < 1.29 is 4.79 Å². The Morgan fingerprint density at radius 1 is 1.19 bits per heavy atom. The summed E-state index contributed by atoms with van der Waals surface area (Å²) in [6, 6.07) is 11.5. The smallest absolute Gasteiger partial charge is 0.251 e. The van der Waals surface area contributed by atoms with Crippen LogP contribution in [0.4, 0.5) is 11.6 Å². The van der Waals surface area contributed by atoms with E-state index in [0.29, 0.717) is 29.8 Å². The summed E-state index contributed by atoms with van der Waals surface area (Å²) in [5, 5.41) is 19.3. The highest BCUT2D eigenvalue weighted by Gasteiger charge is 2.29. The van der Waals surface area contributed by atoms with Gasteiger partial charge in [0.15, 0.2) is 5.82 Å². The van der Waals surface area contributed by atoms with Crippen molar-refractivity contribution in [1.82, 2.24) is 30.3 Å². The second-order valence-electron chi connectivity index (χ2n) is 7.97. The zero-order valence-corrected chi connectivity index (χ0v) is 17.6. The van der Waals surface area contributed by atoms with Gasteiger partial charge in [0.05, 0.1) is 11.7 Å². The van der Waals surface area contributed by atoms with Crippen LogP contribution in [0, 0.1) is 0 Å². The monoisotopic (exact) mass is 415 g/mol. The largest absolute Gasteiger partial charge is 0.352 e. The average Bonchev–Trinajstić information content (AvgIpc) is 3.39. The molecule has 1 aliphatic rings. The minimum Gasteiger partial charge on any atom is -0.352 e. The van der Waals surface area contributed by atoms with Crippen LogP contribution < -0.4 is 10.6 Å². The number of anilines is 2. The topological polar surface area (TPSA) is 101 Å². The van der Waals surface area contributed by atoms with Crippen molar-refractivity contribution in [3.05, 3.63) is 53.7 Å². The number of fused-ring (bicyclic) bond motifs is 1. The quantitative estimate of drug-likeness (QED) is 0.422. The van der Waals surface area contributed by atoms with Crippen LogP contribution in [0.5, 0.6) is 0 Å². The van der Waals surface area contributed by atoms with E-state index in [-0.39, 0.29) is 5.91 Å². The van der Waals surface area contributed by atoms with E-state index in [1.807, 2.05) is 50.5 Å². The number of carbonyl (C=O) groups is 1. The molecule has 4 aromatic rings. The molecule has 0 saturated heterocycles. The number of hydrogen-bond donors (Lipinski definition) is 3. The molecule has 0 unspecified atom stereocenters. The number of carbonyl (C=O) groups excluding carboxylic acids is 1. The molecule has 2 heterocycles. The number of nitrogens with one attached hydrogen (secondary N) is 3. The lowest BCUT2D eigenvalue weighted by Gasteiger charge is -2.11. The van der Waals surface area contributed by atoms with Crippen molar-refractivity contribution in [2.45, 2.75) is 32.1 Å². The first-order valence-electron chi connectivity index (χ1n) is 10.7. The summed E-state index contributed by atoms with van der Waals surface area (Å²) in [6.45, 7) is 2.70. The molecule has 5 rings (SSSR count). The van der Waals surface area contributed by atoms with Gasteiger partial charge in [0.1, 0.15) is 0 Å². The zero-order valence-electron chi connectivity index (χ0n) is 17.6. The van der Waals surface area contributed by atoms with E-state index in [1.54, 1.807) is 4.68 Å². The molecule has 31 heavy (non-hydrogen) atoms. The fourth-order valence-electron chi connectivity index (χ4n) is 3.81. The molecule has 8 heteroatoms. The van der Waals surface area contributed by atoms with Gasteiger partial charge in [0.25, 0.3) is 5.91 Å². The summed E-state index contributed by atoms with van der Waals surface area (Å²) in [6.07, 6.45) is 5.20. The molecule has 8 nitrogen and oxygen atoms in total. The lowest BCUT2D eigenvalue weighted by molar-refractivity contribution is 0.0953. The molecular formula is C23H25N7O. The normalized spacial score (nSPS) is 13.5. The third-order valence-electron chi connectivity index (χ3n) is 5.60. The van der Waals surface area contributed by atoms with Crippen molar-refractivity contribution in [2.75, 3.05) is 11.9 Å². The van der Waals surface area contributed by atoms with Crippen LogP contribution in [0.15, 0.2) is 42.6 Å². The SMILES string of the molecule is CCCNC(=O)c1ccc(-c2nc(Nc3ccc4[nH]ncc4c3C3CC3)n(C)n2)cc1. The third-order valence-corrected chi connectivity index (χ3v) is 5.60. The number of rotatable bonds is 7. The Balaban J connectivity index is 1.40. The summed E-state index contributed by atoms with van der Waals surface area (Å²) in [7, 11) is 1.87. The zero-order chi connectivity index (χ0) is 21.4. The van der Waals surface area contributed by atoms with Gasteiger partial charge in [-0.2, -0.15) is 10.1 Å². The highest BCUT2D eigenvalue weighted by molar-refractivity contribution is 5.94. The lowest BCUT2D eigenvalue weighted by atomic mass is 10.0. The van der Waals surface area contributed by atoms with Gasteiger partial charge in [-0.05, 0) is 55.0 Å². The van der Waals surface area contributed by atoms with Crippen LogP contribution in [0.3, 0.4) is 0 Å². The fourth-order valence-corrected chi connectivity index (χ4v) is 3.81. The van der Waals surface area contributed by atoms with E-state index in [2.05, 4.69) is 32.0 Å². The van der Waals surface area contributed by atoms with E-state index in [0.717, 1.165) is 28.6 Å². The van der Waals surface area contributed by atoms with E-state index < -0.39 is 0 Å². The van der Waals surface area contributed by atoms with Crippen molar-refractivity contribution in [3.63, 3.8) is 0 Å². The van der Waals surface area contributed by atoms with Crippen molar-refractivity contribution in [2.24, 2.45) is 7.05 Å². The Labute approximate surface area is 180 Å². The van der Waals surface area contributed by atoms with Crippen LogP contribution >= 0.6 is 0 Å². The van der Waals surface area contributed by atoms with Gasteiger partial charge in [-0.3, -0.25) is 9.89 Å². The fraction of sp³-hybridized carbons (Fsp3) is 0.304. The number of aryl methyl sites for hydroxylation is 1. The van der Waals surface area contributed by atoms with Gasteiger partial charge in [0, 0.05) is 35.8 Å². The molecule has 1 fully saturated rings. The molecule has 158 valence electrons. The molecule has 1 aliphatic carbocycles. The predicted molar refractivity (Wildman–Crippen MR) is 120 cm³/mol. The summed E-state index contributed by atoms with van der Waals surface area (Å²) >= 11 is 0. The molecule has 0 aliphatic heterocycles. The first-order chi connectivity index (χ1) is 15.1. The summed E-state index contributed by atoms with van der Waals surface area (Å²) < 4.78 is 1.74. The number of aromatic nitrogens is 5. The summed E-state index contributed by atoms with van der Waals surface area (Å²) in [4.78, 5) is 16.8. The van der Waals surface area contributed by atoms with Gasteiger partial charge in [-0.1, -0.05) is 19.1 Å². The Morgan fingerprint density at radius 2 is 2.00 bits per heavy atom. The number of amides is 1. The minimum absolute atomic E-state index is 0.0630. The number of nitrogens with zero attached hydrogens (tertiary/aromatic N) is 4. The van der Waals surface area contributed by atoms with E-state index in [1.165, 1.54) is 18.4 Å². The van der Waals surface area contributed by atoms with Crippen molar-refractivity contribution in [3.8, 4) is 11.4 Å². The first-order valence-corrected chi connectivity index (χ1v) is 10.7. The van der Waals surface area contributed by atoms with Gasteiger partial charge < -0.3 is 10.6 Å². The number of H-pyrrole nitrogens is 1. The van der Waals surface area contributed by atoms with Crippen LogP contribution in [-0.2, 0) is 7.05 Å². The van der Waals surface area contributed by atoms with Crippen LogP contribution in [0.25, 0.3) is 22.3 Å². The summed E-state index contributed by atoms with van der Waals surface area (Å²) in [5.74, 6) is 1.78. The molecule has 0 atom stereocenters. The maximum Gasteiger partial charge on any atom is 0.251 e. The number of aromatic amines is 1. The Morgan fingerprint density at radius 3 is 2.74 bits per heavy atom. The number of hydrogen-bond acceptors (Lipinski definition) is 5. The first kappa shape index (κ1) is 19.3. The van der Waals surface area contributed by atoms with E-state index in [4.69, 9.17) is 4.98 Å². The Kier molecular flexibility index (Phi) is 4.89. The average molecular weight is 416 g/mol. The molecule has 0 spiro atoms. The van der Waals surface area contributed by atoms with Crippen LogP contribution in [0.1, 0.15) is 48.0 Å². The van der Waals surface area contributed by atoms with Crippen molar-refractivity contribution in [1.29, 1.82) is 0 Å². The lowest BCUT2D eigenvalue weighted by Crippen LogP contribution is -2.23. The number of benzene rings is 2. The van der Waals surface area contributed by atoms with Crippen molar-refractivity contribution >= 4 is 28.4 Å². The second kappa shape index (κ2) is 7.86. The van der Waals surface area contributed by atoms with Gasteiger partial charge >= 0.3 is 0 Å². The second-order valence-corrected chi connectivity index (χ2v) is 7.97. The minimum atomic E-state index is -0.0630. The standard InChI is InChI=1S/C23H25N7O/c1-3-12-24-22(31)16-8-6-15(7-9-16)21-27-23(30(2)29-21)26-19-11-10-18-17(13-25-28-18)20(19)14-4-5-14/h6-11,13-14H,3-5,12H2,1-2H3,(H,24,31)(H,25,28)(H,26,27,29). The molecule has 0 bridgehead atoms. The molecule has 3 N–H and O–H groups in total. The highest BCUT2D eigenvalue weighted by Crippen LogP contribution is 2.47.